The van der Waals surface area contributed by atoms with E-state index in [0.29, 0.717) is 25.9 Å². The van der Waals surface area contributed by atoms with Gasteiger partial charge in [0.2, 0.25) is 11.8 Å². The fraction of sp³-hybridized carbons (Fsp3) is 0.429. The van der Waals surface area contributed by atoms with E-state index in [1.165, 1.54) is 4.90 Å². The van der Waals surface area contributed by atoms with Crippen molar-refractivity contribution in [1.29, 1.82) is 0 Å². The first-order chi connectivity index (χ1) is 10.1. The second-order valence-electron chi connectivity index (χ2n) is 5.14. The largest absolute Gasteiger partial charge is 0.340 e. The molecule has 2 aliphatic heterocycles. The van der Waals surface area contributed by atoms with E-state index in [9.17, 15) is 14.4 Å². The maximum atomic E-state index is 12.2. The molecular formula is C14H15N3O3S. The lowest BCUT2D eigenvalue weighted by Crippen LogP contribution is -2.41. The molecule has 0 N–H and O–H groups in total. The summed E-state index contributed by atoms with van der Waals surface area (Å²) >= 11 is 1.04. The average molecular weight is 305 g/mol. The topological polar surface area (TPSA) is 70.6 Å². The van der Waals surface area contributed by atoms with Gasteiger partial charge in [0.15, 0.2) is 0 Å². The van der Waals surface area contributed by atoms with Crippen LogP contribution < -0.4 is 0 Å². The molecular weight excluding hydrogens is 290 g/mol. The molecule has 1 atom stereocenters. The number of hydrogen-bond acceptors (Lipinski definition) is 5. The van der Waals surface area contributed by atoms with Gasteiger partial charge < -0.3 is 4.90 Å². The van der Waals surface area contributed by atoms with Gasteiger partial charge in [-0.05, 0) is 18.1 Å². The number of hydrogen-bond donors (Lipinski definition) is 0. The Balaban J connectivity index is 1.60. The lowest BCUT2D eigenvalue weighted by molar-refractivity contribution is -0.131. The SMILES string of the molecule is O=C(Cc1cccnc1)N1CCC(N2C(=O)CSC2=O)C1. The van der Waals surface area contributed by atoms with E-state index in [0.717, 1.165) is 17.3 Å². The van der Waals surface area contributed by atoms with Crippen LogP contribution in [0.3, 0.4) is 0 Å². The predicted octanol–water partition coefficient (Wildman–Crippen LogP) is 0.920. The zero-order chi connectivity index (χ0) is 14.8. The molecule has 2 saturated heterocycles. The smallest absolute Gasteiger partial charge is 0.289 e. The summed E-state index contributed by atoms with van der Waals surface area (Å²) in [6.45, 7) is 1.03. The van der Waals surface area contributed by atoms with Gasteiger partial charge in [0.05, 0.1) is 18.2 Å². The summed E-state index contributed by atoms with van der Waals surface area (Å²) in [5.74, 6) is 0.0905. The highest BCUT2D eigenvalue weighted by Crippen LogP contribution is 2.26. The molecule has 3 heterocycles. The highest BCUT2D eigenvalue weighted by Gasteiger charge is 2.40. The third-order valence-corrected chi connectivity index (χ3v) is 4.58. The van der Waals surface area contributed by atoms with Crippen LogP contribution in [0.2, 0.25) is 0 Å². The highest BCUT2D eigenvalue weighted by molar-refractivity contribution is 8.14. The highest BCUT2D eigenvalue weighted by atomic mass is 32.2. The van der Waals surface area contributed by atoms with Crippen molar-refractivity contribution >= 4 is 28.8 Å². The van der Waals surface area contributed by atoms with Crippen molar-refractivity contribution in [3.63, 3.8) is 0 Å². The maximum Gasteiger partial charge on any atom is 0.289 e. The summed E-state index contributed by atoms with van der Waals surface area (Å²) in [5.41, 5.74) is 0.870. The zero-order valence-corrected chi connectivity index (χ0v) is 12.2. The van der Waals surface area contributed by atoms with E-state index in [4.69, 9.17) is 0 Å². The molecule has 3 rings (SSSR count). The molecule has 0 saturated carbocycles. The summed E-state index contributed by atoms with van der Waals surface area (Å²) in [7, 11) is 0. The molecule has 110 valence electrons. The van der Waals surface area contributed by atoms with Gasteiger partial charge in [-0.15, -0.1) is 0 Å². The molecule has 1 aromatic heterocycles. The molecule has 7 heteroatoms. The molecule has 2 aliphatic rings. The fourth-order valence-electron chi connectivity index (χ4n) is 2.69. The molecule has 0 spiro atoms. The number of nitrogens with zero attached hydrogens (tertiary/aromatic N) is 3. The van der Waals surface area contributed by atoms with Gasteiger partial charge in [-0.25, -0.2) is 0 Å². The number of likely N-dealkylation sites (tertiary alicyclic amines) is 1. The third-order valence-electron chi connectivity index (χ3n) is 3.74. The Bertz CT molecular complexity index is 562. The average Bonchev–Trinajstić information content (AvgIpc) is 3.07. The molecule has 0 bridgehead atoms. The number of carbonyl (C=O) groups excluding carboxylic acids is 3. The number of thioether (sulfide) groups is 1. The van der Waals surface area contributed by atoms with Crippen molar-refractivity contribution in [3.8, 4) is 0 Å². The maximum absolute atomic E-state index is 12.2. The summed E-state index contributed by atoms with van der Waals surface area (Å²) in [5, 5.41) is -0.188. The van der Waals surface area contributed by atoms with Crippen LogP contribution in [0, 0.1) is 0 Å². The van der Waals surface area contributed by atoms with Crippen molar-refractivity contribution < 1.29 is 14.4 Å². The monoisotopic (exact) mass is 305 g/mol. The molecule has 0 aliphatic carbocycles. The first-order valence-electron chi connectivity index (χ1n) is 6.80. The lowest BCUT2D eigenvalue weighted by atomic mass is 10.2. The van der Waals surface area contributed by atoms with Crippen molar-refractivity contribution in [2.75, 3.05) is 18.8 Å². The number of pyridine rings is 1. The van der Waals surface area contributed by atoms with Gasteiger partial charge >= 0.3 is 0 Å². The number of rotatable bonds is 3. The fourth-order valence-corrected chi connectivity index (χ4v) is 3.46. The lowest BCUT2D eigenvalue weighted by Gasteiger charge is -2.21. The predicted molar refractivity (Wildman–Crippen MR) is 77.6 cm³/mol. The molecule has 2 fully saturated rings. The van der Waals surface area contributed by atoms with Gasteiger partial charge in [0.25, 0.3) is 5.24 Å². The van der Waals surface area contributed by atoms with Gasteiger partial charge in [-0.1, -0.05) is 17.8 Å². The quantitative estimate of drug-likeness (QED) is 0.830. The third kappa shape index (κ3) is 2.92. The number of imide groups is 1. The molecule has 3 amide bonds. The van der Waals surface area contributed by atoms with Gasteiger partial charge in [0, 0.05) is 25.5 Å². The first-order valence-corrected chi connectivity index (χ1v) is 7.79. The Hall–Kier alpha value is -1.89. The Morgan fingerprint density at radius 1 is 1.43 bits per heavy atom. The standard InChI is InChI=1S/C14H15N3O3S/c18-12(6-10-2-1-4-15-7-10)16-5-3-11(8-16)17-13(19)9-21-14(17)20/h1-2,4,7,11H,3,5-6,8-9H2. The van der Waals surface area contributed by atoms with Crippen molar-refractivity contribution in [1.82, 2.24) is 14.8 Å². The Kier molecular flexibility index (Phi) is 3.92. The number of amides is 3. The Morgan fingerprint density at radius 2 is 2.29 bits per heavy atom. The van der Waals surface area contributed by atoms with Gasteiger partial charge in [-0.3, -0.25) is 24.3 Å². The molecule has 21 heavy (non-hydrogen) atoms. The molecule has 1 unspecified atom stereocenters. The van der Waals surface area contributed by atoms with Crippen molar-refractivity contribution in [2.24, 2.45) is 0 Å². The van der Waals surface area contributed by atoms with Crippen LogP contribution in [0.5, 0.6) is 0 Å². The van der Waals surface area contributed by atoms with Crippen LogP contribution in [0.15, 0.2) is 24.5 Å². The van der Waals surface area contributed by atoms with E-state index in [2.05, 4.69) is 4.98 Å². The second-order valence-corrected chi connectivity index (χ2v) is 6.07. The molecule has 1 aromatic rings. The summed E-state index contributed by atoms with van der Waals surface area (Å²) in [6.07, 6.45) is 4.31. The van der Waals surface area contributed by atoms with Crippen molar-refractivity contribution in [3.05, 3.63) is 30.1 Å². The minimum Gasteiger partial charge on any atom is -0.340 e. The Labute approximate surface area is 126 Å². The summed E-state index contributed by atoms with van der Waals surface area (Å²) in [4.78, 5) is 42.7. The van der Waals surface area contributed by atoms with E-state index >= 15 is 0 Å². The van der Waals surface area contributed by atoms with Crippen LogP contribution in [0.4, 0.5) is 4.79 Å². The summed E-state index contributed by atoms with van der Waals surface area (Å²) in [6, 6.07) is 3.49. The normalized spacial score (nSPS) is 22.2. The van der Waals surface area contributed by atoms with Crippen molar-refractivity contribution in [2.45, 2.75) is 18.9 Å². The van der Waals surface area contributed by atoms with Crippen LogP contribution >= 0.6 is 11.8 Å². The number of carbonyl (C=O) groups is 3. The molecule has 6 nitrogen and oxygen atoms in total. The van der Waals surface area contributed by atoms with Crippen LogP contribution in [0.1, 0.15) is 12.0 Å². The van der Waals surface area contributed by atoms with Crippen LogP contribution in [0.25, 0.3) is 0 Å². The summed E-state index contributed by atoms with van der Waals surface area (Å²) < 4.78 is 0. The minimum absolute atomic E-state index is 0.0113. The number of aromatic nitrogens is 1. The zero-order valence-electron chi connectivity index (χ0n) is 11.4. The Morgan fingerprint density at radius 3 is 2.95 bits per heavy atom. The molecule has 0 aromatic carbocycles. The second kappa shape index (κ2) is 5.85. The van der Waals surface area contributed by atoms with E-state index in [1.54, 1.807) is 23.4 Å². The molecule has 0 radical (unpaired) electrons. The minimum atomic E-state index is -0.188. The first kappa shape index (κ1) is 14.1. The van der Waals surface area contributed by atoms with E-state index < -0.39 is 0 Å². The van der Waals surface area contributed by atoms with E-state index in [1.807, 2.05) is 6.07 Å². The van der Waals surface area contributed by atoms with Gasteiger partial charge in [-0.2, -0.15) is 0 Å². The van der Waals surface area contributed by atoms with E-state index in [-0.39, 0.29) is 28.8 Å². The van der Waals surface area contributed by atoms with Crippen LogP contribution in [-0.2, 0) is 16.0 Å². The van der Waals surface area contributed by atoms with Crippen LogP contribution in [-0.4, -0.2) is 56.7 Å². The van der Waals surface area contributed by atoms with Gasteiger partial charge in [0.1, 0.15) is 0 Å².